The van der Waals surface area contributed by atoms with Crippen LogP contribution in [-0.2, 0) is 0 Å². The Labute approximate surface area is 116 Å². The fourth-order valence-corrected chi connectivity index (χ4v) is 1.62. The first-order valence-electron chi connectivity index (χ1n) is 5.67. The molecule has 21 heavy (non-hydrogen) atoms. The van der Waals surface area contributed by atoms with Gasteiger partial charge in [-0.2, -0.15) is 0 Å². The normalized spacial score (nSPS) is 10.2. The van der Waals surface area contributed by atoms with Crippen LogP contribution in [0.4, 0.5) is 18.9 Å². The highest BCUT2D eigenvalue weighted by Crippen LogP contribution is 2.16. The van der Waals surface area contributed by atoms with Gasteiger partial charge in [0.15, 0.2) is 17.5 Å². The summed E-state index contributed by atoms with van der Waals surface area (Å²) in [4.78, 5) is 22.6. The third kappa shape index (κ3) is 3.19. The lowest BCUT2D eigenvalue weighted by molar-refractivity contribution is 0.0696. The van der Waals surface area contributed by atoms with Crippen molar-refractivity contribution in [3.63, 3.8) is 0 Å². The predicted octanol–water partition coefficient (Wildman–Crippen LogP) is 3.05. The Morgan fingerprint density at radius 1 is 0.952 bits per heavy atom. The Kier molecular flexibility index (Phi) is 3.93. The maximum atomic E-state index is 13.0. The van der Waals surface area contributed by atoms with E-state index in [0.717, 1.165) is 0 Å². The molecular formula is C14H8F3NO3. The van der Waals surface area contributed by atoms with Crippen molar-refractivity contribution in [2.75, 3.05) is 5.32 Å². The summed E-state index contributed by atoms with van der Waals surface area (Å²) >= 11 is 0. The second-order valence-electron chi connectivity index (χ2n) is 4.09. The molecule has 2 aromatic rings. The van der Waals surface area contributed by atoms with Crippen LogP contribution in [0.15, 0.2) is 36.4 Å². The van der Waals surface area contributed by atoms with Gasteiger partial charge in [0.05, 0.1) is 5.56 Å². The standard InChI is InChI=1S/C14H8F3NO3/c15-10-5-8(6-11(16)12(10)17)13(19)18-9-3-1-2-7(4-9)14(20)21/h1-6H,(H,18,19)(H,20,21). The van der Waals surface area contributed by atoms with Gasteiger partial charge >= 0.3 is 5.97 Å². The van der Waals surface area contributed by atoms with Crippen LogP contribution in [0.5, 0.6) is 0 Å². The first-order chi connectivity index (χ1) is 9.88. The largest absolute Gasteiger partial charge is 0.478 e. The molecule has 2 aromatic carbocycles. The molecule has 7 heteroatoms. The summed E-state index contributed by atoms with van der Waals surface area (Å²) in [5.41, 5.74) is -0.360. The van der Waals surface area contributed by atoms with Crippen molar-refractivity contribution in [1.82, 2.24) is 0 Å². The van der Waals surface area contributed by atoms with Crippen LogP contribution < -0.4 is 5.32 Å². The molecule has 108 valence electrons. The molecule has 2 rings (SSSR count). The van der Waals surface area contributed by atoms with E-state index in [-0.39, 0.29) is 11.3 Å². The van der Waals surface area contributed by atoms with E-state index in [9.17, 15) is 22.8 Å². The van der Waals surface area contributed by atoms with Gasteiger partial charge in [0.1, 0.15) is 0 Å². The first-order valence-corrected chi connectivity index (χ1v) is 5.67. The molecule has 0 heterocycles. The molecular weight excluding hydrogens is 287 g/mol. The number of carboxylic acid groups (broad SMARTS) is 1. The fraction of sp³-hybridized carbons (Fsp3) is 0. The van der Waals surface area contributed by atoms with Gasteiger partial charge in [0.25, 0.3) is 5.91 Å². The van der Waals surface area contributed by atoms with E-state index in [2.05, 4.69) is 5.32 Å². The number of halogens is 3. The minimum absolute atomic E-state index is 0.0655. The number of carboxylic acids is 1. The fourth-order valence-electron chi connectivity index (χ4n) is 1.62. The van der Waals surface area contributed by atoms with E-state index < -0.39 is 34.9 Å². The number of rotatable bonds is 3. The molecule has 2 N–H and O–H groups in total. The predicted molar refractivity (Wildman–Crippen MR) is 67.7 cm³/mol. The van der Waals surface area contributed by atoms with Crippen molar-refractivity contribution < 1.29 is 27.9 Å². The number of hydrogen-bond acceptors (Lipinski definition) is 2. The van der Waals surface area contributed by atoms with E-state index >= 15 is 0 Å². The lowest BCUT2D eigenvalue weighted by atomic mass is 10.1. The molecule has 0 saturated heterocycles. The van der Waals surface area contributed by atoms with Gasteiger partial charge in [0.2, 0.25) is 0 Å². The van der Waals surface area contributed by atoms with Crippen LogP contribution in [-0.4, -0.2) is 17.0 Å². The molecule has 0 bridgehead atoms. The average Bonchev–Trinajstić information content (AvgIpc) is 2.44. The third-order valence-corrected chi connectivity index (χ3v) is 2.61. The molecule has 0 radical (unpaired) electrons. The summed E-state index contributed by atoms with van der Waals surface area (Å²) in [7, 11) is 0. The number of aromatic carboxylic acids is 1. The van der Waals surface area contributed by atoms with Crippen LogP contribution in [0.3, 0.4) is 0 Å². The first kappa shape index (κ1) is 14.6. The number of hydrogen-bond donors (Lipinski definition) is 2. The summed E-state index contributed by atoms with van der Waals surface area (Å²) < 4.78 is 38.9. The topological polar surface area (TPSA) is 66.4 Å². The van der Waals surface area contributed by atoms with Crippen molar-refractivity contribution in [3.8, 4) is 0 Å². The third-order valence-electron chi connectivity index (χ3n) is 2.61. The molecule has 0 fully saturated rings. The van der Waals surface area contributed by atoms with Gasteiger partial charge in [-0.15, -0.1) is 0 Å². The van der Waals surface area contributed by atoms with E-state index in [1.165, 1.54) is 24.3 Å². The molecule has 0 spiro atoms. The van der Waals surface area contributed by atoms with Gasteiger partial charge in [-0.3, -0.25) is 4.79 Å². The smallest absolute Gasteiger partial charge is 0.335 e. The van der Waals surface area contributed by atoms with Crippen LogP contribution in [0, 0.1) is 17.5 Å². The van der Waals surface area contributed by atoms with E-state index in [1.54, 1.807) is 0 Å². The Morgan fingerprint density at radius 2 is 1.57 bits per heavy atom. The summed E-state index contributed by atoms with van der Waals surface area (Å²) in [6, 6.07) is 6.39. The lowest BCUT2D eigenvalue weighted by Crippen LogP contribution is -2.13. The SMILES string of the molecule is O=C(O)c1cccc(NC(=O)c2cc(F)c(F)c(F)c2)c1. The summed E-state index contributed by atoms with van der Waals surface area (Å²) in [6.07, 6.45) is 0. The Hall–Kier alpha value is -2.83. The Bertz CT molecular complexity index is 708. The minimum atomic E-state index is -1.67. The van der Waals surface area contributed by atoms with Crippen LogP contribution in [0.25, 0.3) is 0 Å². The van der Waals surface area contributed by atoms with E-state index in [4.69, 9.17) is 5.11 Å². The number of anilines is 1. The highest BCUT2D eigenvalue weighted by molar-refractivity contribution is 6.04. The molecule has 0 aliphatic carbocycles. The molecule has 0 aromatic heterocycles. The summed E-state index contributed by atoms with van der Waals surface area (Å²) in [5.74, 6) is -6.72. The highest BCUT2D eigenvalue weighted by Gasteiger charge is 2.15. The molecule has 0 saturated carbocycles. The number of benzene rings is 2. The van der Waals surface area contributed by atoms with Crippen LogP contribution in [0.2, 0.25) is 0 Å². The second kappa shape index (κ2) is 5.66. The Morgan fingerprint density at radius 3 is 2.14 bits per heavy atom. The molecule has 0 aliphatic heterocycles. The van der Waals surface area contributed by atoms with Gasteiger partial charge < -0.3 is 10.4 Å². The molecule has 0 unspecified atom stereocenters. The maximum absolute atomic E-state index is 13.0. The summed E-state index contributed by atoms with van der Waals surface area (Å²) in [5, 5.41) is 11.1. The van der Waals surface area contributed by atoms with Crippen molar-refractivity contribution in [2.45, 2.75) is 0 Å². The number of nitrogens with one attached hydrogen (secondary N) is 1. The van der Waals surface area contributed by atoms with Gasteiger partial charge in [0, 0.05) is 11.3 Å². The highest BCUT2D eigenvalue weighted by atomic mass is 19.2. The van der Waals surface area contributed by atoms with Gasteiger partial charge in [-0.25, -0.2) is 18.0 Å². The summed E-state index contributed by atoms with van der Waals surface area (Å²) in [6.45, 7) is 0. The minimum Gasteiger partial charge on any atom is -0.478 e. The quantitative estimate of drug-likeness (QED) is 0.855. The number of carbonyl (C=O) groups is 2. The number of carbonyl (C=O) groups excluding carboxylic acids is 1. The van der Waals surface area contributed by atoms with Crippen LogP contribution >= 0.6 is 0 Å². The zero-order chi connectivity index (χ0) is 15.6. The molecule has 1 amide bonds. The van der Waals surface area contributed by atoms with Gasteiger partial charge in [-0.05, 0) is 30.3 Å². The monoisotopic (exact) mass is 295 g/mol. The van der Waals surface area contributed by atoms with Crippen molar-refractivity contribution in [3.05, 3.63) is 65.0 Å². The van der Waals surface area contributed by atoms with Crippen molar-refractivity contribution in [1.29, 1.82) is 0 Å². The van der Waals surface area contributed by atoms with Gasteiger partial charge in [-0.1, -0.05) is 6.07 Å². The maximum Gasteiger partial charge on any atom is 0.335 e. The zero-order valence-corrected chi connectivity index (χ0v) is 10.4. The van der Waals surface area contributed by atoms with Crippen LogP contribution in [0.1, 0.15) is 20.7 Å². The average molecular weight is 295 g/mol. The van der Waals surface area contributed by atoms with E-state index in [0.29, 0.717) is 12.1 Å². The van der Waals surface area contributed by atoms with E-state index in [1.807, 2.05) is 0 Å². The second-order valence-corrected chi connectivity index (χ2v) is 4.09. The molecule has 0 aliphatic rings. The molecule has 0 atom stereocenters. The van der Waals surface area contributed by atoms with Crippen molar-refractivity contribution >= 4 is 17.6 Å². The lowest BCUT2D eigenvalue weighted by Gasteiger charge is -2.07. The van der Waals surface area contributed by atoms with Crippen molar-refractivity contribution in [2.24, 2.45) is 0 Å². The Balaban J connectivity index is 2.26. The molecule has 4 nitrogen and oxygen atoms in total. The zero-order valence-electron chi connectivity index (χ0n) is 10.4. The number of amides is 1.